The van der Waals surface area contributed by atoms with Crippen LogP contribution >= 0.6 is 0 Å². The third kappa shape index (κ3) is 4.06. The fourth-order valence-electron chi connectivity index (χ4n) is 1.97. The van der Waals surface area contributed by atoms with Crippen LogP contribution in [0.25, 0.3) is 0 Å². The standard InChI is InChI=1S/C15H13F3N2O3/c16-15(17,18)11-7-9(1-3-12(11)19)20-14(23)6-8-5-10(21)2-4-13(8)22/h1-5,7,21-22H,6,19H2,(H,20,23). The highest BCUT2D eigenvalue weighted by atomic mass is 19.4. The second kappa shape index (κ2) is 6.07. The number of amides is 1. The zero-order valence-corrected chi connectivity index (χ0v) is 11.7. The predicted octanol–water partition coefficient (Wildman–Crippen LogP) is 2.88. The molecule has 0 bridgehead atoms. The molecule has 0 saturated carbocycles. The summed E-state index contributed by atoms with van der Waals surface area (Å²) >= 11 is 0. The Kier molecular flexibility index (Phi) is 4.35. The first kappa shape index (κ1) is 16.5. The van der Waals surface area contributed by atoms with Crippen molar-refractivity contribution in [1.82, 2.24) is 0 Å². The van der Waals surface area contributed by atoms with Crippen LogP contribution < -0.4 is 11.1 Å². The van der Waals surface area contributed by atoms with Crippen LogP contribution in [0.3, 0.4) is 0 Å². The number of anilines is 2. The van der Waals surface area contributed by atoms with E-state index in [-0.39, 0.29) is 29.2 Å². The smallest absolute Gasteiger partial charge is 0.418 e. The maximum absolute atomic E-state index is 12.8. The molecule has 2 aromatic carbocycles. The first-order chi connectivity index (χ1) is 10.7. The third-order valence-electron chi connectivity index (χ3n) is 3.06. The highest BCUT2D eigenvalue weighted by Gasteiger charge is 2.33. The van der Waals surface area contributed by atoms with Crippen molar-refractivity contribution < 1.29 is 28.2 Å². The van der Waals surface area contributed by atoms with E-state index in [4.69, 9.17) is 5.73 Å². The number of nitrogens with one attached hydrogen (secondary N) is 1. The first-order valence-corrected chi connectivity index (χ1v) is 6.44. The Balaban J connectivity index is 2.16. The minimum absolute atomic E-state index is 0.0730. The third-order valence-corrected chi connectivity index (χ3v) is 3.06. The average molecular weight is 326 g/mol. The van der Waals surface area contributed by atoms with E-state index in [0.29, 0.717) is 0 Å². The summed E-state index contributed by atoms with van der Waals surface area (Å²) in [4.78, 5) is 11.9. The highest BCUT2D eigenvalue weighted by Crippen LogP contribution is 2.35. The van der Waals surface area contributed by atoms with E-state index in [1.165, 1.54) is 24.3 Å². The molecule has 0 unspecified atom stereocenters. The molecule has 0 aromatic heterocycles. The largest absolute Gasteiger partial charge is 0.508 e. The summed E-state index contributed by atoms with van der Waals surface area (Å²) in [5.41, 5.74) is 3.86. The van der Waals surface area contributed by atoms with Gasteiger partial charge in [-0.15, -0.1) is 0 Å². The van der Waals surface area contributed by atoms with E-state index in [2.05, 4.69) is 5.32 Å². The molecule has 1 amide bonds. The van der Waals surface area contributed by atoms with E-state index < -0.39 is 23.3 Å². The molecular formula is C15H13F3N2O3. The number of nitrogen functional groups attached to an aromatic ring is 1. The molecule has 0 aliphatic carbocycles. The molecule has 0 heterocycles. The quantitative estimate of drug-likeness (QED) is 0.515. The number of phenols is 2. The van der Waals surface area contributed by atoms with Gasteiger partial charge in [-0.3, -0.25) is 4.79 Å². The SMILES string of the molecule is Nc1ccc(NC(=O)Cc2cc(O)ccc2O)cc1C(F)(F)F. The van der Waals surface area contributed by atoms with Gasteiger partial charge in [-0.2, -0.15) is 13.2 Å². The van der Waals surface area contributed by atoms with Crippen molar-refractivity contribution in [3.63, 3.8) is 0 Å². The molecule has 0 aliphatic heterocycles. The van der Waals surface area contributed by atoms with Crippen LogP contribution in [-0.4, -0.2) is 16.1 Å². The molecule has 0 aliphatic rings. The lowest BCUT2D eigenvalue weighted by Gasteiger charge is -2.12. The van der Waals surface area contributed by atoms with Gasteiger partial charge in [-0.25, -0.2) is 0 Å². The summed E-state index contributed by atoms with van der Waals surface area (Å²) in [6, 6.07) is 6.67. The molecule has 8 heteroatoms. The Hall–Kier alpha value is -2.90. The van der Waals surface area contributed by atoms with Gasteiger partial charge in [0.15, 0.2) is 0 Å². The van der Waals surface area contributed by atoms with E-state index >= 15 is 0 Å². The zero-order chi connectivity index (χ0) is 17.2. The normalized spacial score (nSPS) is 11.3. The van der Waals surface area contributed by atoms with E-state index in [1.807, 2.05) is 0 Å². The van der Waals surface area contributed by atoms with Gasteiger partial charge in [-0.05, 0) is 36.4 Å². The lowest BCUT2D eigenvalue weighted by molar-refractivity contribution is -0.136. The maximum atomic E-state index is 12.8. The summed E-state index contributed by atoms with van der Waals surface area (Å²) in [6.45, 7) is 0. The molecule has 122 valence electrons. The van der Waals surface area contributed by atoms with E-state index in [1.54, 1.807) is 0 Å². The topological polar surface area (TPSA) is 95.6 Å². The van der Waals surface area contributed by atoms with Crippen molar-refractivity contribution >= 4 is 17.3 Å². The predicted molar refractivity (Wildman–Crippen MR) is 78.0 cm³/mol. The minimum Gasteiger partial charge on any atom is -0.508 e. The van der Waals surface area contributed by atoms with Crippen LogP contribution in [0, 0.1) is 0 Å². The number of nitrogens with two attached hydrogens (primary N) is 1. The van der Waals surface area contributed by atoms with Gasteiger partial charge >= 0.3 is 6.18 Å². The fourth-order valence-corrected chi connectivity index (χ4v) is 1.97. The van der Waals surface area contributed by atoms with E-state index in [9.17, 15) is 28.2 Å². The number of rotatable bonds is 3. The number of aromatic hydroxyl groups is 2. The lowest BCUT2D eigenvalue weighted by atomic mass is 10.1. The number of benzene rings is 2. The second-order valence-electron chi connectivity index (χ2n) is 4.84. The number of carbonyl (C=O) groups is 1. The molecule has 0 atom stereocenters. The molecule has 0 fully saturated rings. The molecular weight excluding hydrogens is 313 g/mol. The number of hydrogen-bond acceptors (Lipinski definition) is 4. The monoisotopic (exact) mass is 326 g/mol. The second-order valence-corrected chi connectivity index (χ2v) is 4.84. The van der Waals surface area contributed by atoms with Crippen LogP contribution in [0.15, 0.2) is 36.4 Å². The summed E-state index contributed by atoms with van der Waals surface area (Å²) < 4.78 is 38.3. The fraction of sp³-hybridized carbons (Fsp3) is 0.133. The summed E-state index contributed by atoms with van der Waals surface area (Å²) in [5.74, 6) is -0.993. The molecule has 0 spiro atoms. The maximum Gasteiger partial charge on any atom is 0.418 e. The van der Waals surface area contributed by atoms with Crippen LogP contribution in [0.2, 0.25) is 0 Å². The summed E-state index contributed by atoms with van der Waals surface area (Å²) in [7, 11) is 0. The van der Waals surface area contributed by atoms with Crippen molar-refractivity contribution in [3.05, 3.63) is 47.5 Å². The Morgan fingerprint density at radius 1 is 1.13 bits per heavy atom. The molecule has 23 heavy (non-hydrogen) atoms. The number of alkyl halides is 3. The van der Waals surface area contributed by atoms with Crippen molar-refractivity contribution in [2.75, 3.05) is 11.1 Å². The molecule has 2 rings (SSSR count). The Labute approximate surface area is 129 Å². The molecule has 5 nitrogen and oxygen atoms in total. The highest BCUT2D eigenvalue weighted by molar-refractivity contribution is 5.93. The minimum atomic E-state index is -4.63. The van der Waals surface area contributed by atoms with Crippen molar-refractivity contribution in [2.24, 2.45) is 0 Å². The van der Waals surface area contributed by atoms with Gasteiger partial charge in [0.25, 0.3) is 0 Å². The van der Waals surface area contributed by atoms with Crippen LogP contribution in [-0.2, 0) is 17.4 Å². The van der Waals surface area contributed by atoms with Gasteiger partial charge in [0.05, 0.1) is 12.0 Å². The number of phenolic OH excluding ortho intramolecular Hbond substituents is 2. The van der Waals surface area contributed by atoms with Crippen LogP contribution in [0.4, 0.5) is 24.5 Å². The van der Waals surface area contributed by atoms with Crippen LogP contribution in [0.5, 0.6) is 11.5 Å². The first-order valence-electron chi connectivity index (χ1n) is 6.44. The number of hydrogen-bond donors (Lipinski definition) is 4. The molecule has 0 saturated heterocycles. The average Bonchev–Trinajstić information content (AvgIpc) is 2.44. The number of halogens is 3. The van der Waals surface area contributed by atoms with Gasteiger partial charge in [0.2, 0.25) is 5.91 Å². The molecule has 2 aromatic rings. The van der Waals surface area contributed by atoms with Crippen molar-refractivity contribution in [3.8, 4) is 11.5 Å². The Morgan fingerprint density at radius 3 is 2.48 bits per heavy atom. The Morgan fingerprint density at radius 2 is 1.83 bits per heavy atom. The van der Waals surface area contributed by atoms with Gasteiger partial charge < -0.3 is 21.3 Å². The van der Waals surface area contributed by atoms with Gasteiger partial charge in [-0.1, -0.05) is 0 Å². The molecule has 0 radical (unpaired) electrons. The number of carbonyl (C=O) groups excluding carboxylic acids is 1. The van der Waals surface area contributed by atoms with Crippen molar-refractivity contribution in [2.45, 2.75) is 12.6 Å². The van der Waals surface area contributed by atoms with Gasteiger partial charge in [0, 0.05) is 16.9 Å². The Bertz CT molecular complexity index is 745. The van der Waals surface area contributed by atoms with Crippen molar-refractivity contribution in [1.29, 1.82) is 0 Å². The summed E-state index contributed by atoms with van der Waals surface area (Å²) in [6.07, 6.45) is -4.94. The zero-order valence-electron chi connectivity index (χ0n) is 11.7. The summed E-state index contributed by atoms with van der Waals surface area (Å²) in [5, 5.41) is 21.2. The lowest BCUT2D eigenvalue weighted by Crippen LogP contribution is -2.16. The van der Waals surface area contributed by atoms with Crippen LogP contribution in [0.1, 0.15) is 11.1 Å². The van der Waals surface area contributed by atoms with E-state index in [0.717, 1.165) is 12.1 Å². The van der Waals surface area contributed by atoms with Gasteiger partial charge in [0.1, 0.15) is 11.5 Å². The molecule has 5 N–H and O–H groups in total.